The van der Waals surface area contributed by atoms with Crippen molar-refractivity contribution in [2.75, 3.05) is 18.0 Å². The number of benzene rings is 1. The summed E-state index contributed by atoms with van der Waals surface area (Å²) in [5, 5.41) is 0. The molecule has 1 aliphatic heterocycles. The number of halogens is 1. The molecular weight excluding hydrogens is 300 g/mol. The van der Waals surface area contributed by atoms with Gasteiger partial charge in [0.05, 0.1) is 5.69 Å². The van der Waals surface area contributed by atoms with E-state index in [0.29, 0.717) is 0 Å². The van der Waals surface area contributed by atoms with Crippen molar-refractivity contribution in [3.63, 3.8) is 0 Å². The van der Waals surface area contributed by atoms with Crippen LogP contribution in [0, 0.1) is 11.8 Å². The molecule has 0 aromatic heterocycles. The topological polar surface area (TPSA) is 29.3 Å². The molecule has 2 nitrogen and oxygen atoms in total. The van der Waals surface area contributed by atoms with Crippen LogP contribution >= 0.6 is 15.9 Å². The third kappa shape index (κ3) is 2.82. The first-order chi connectivity index (χ1) is 9.13. The highest BCUT2D eigenvalue weighted by Gasteiger charge is 2.36. The normalized spacial score (nSPS) is 27.6. The van der Waals surface area contributed by atoms with E-state index in [1.165, 1.54) is 48.1 Å². The van der Waals surface area contributed by atoms with Crippen molar-refractivity contribution >= 4 is 21.6 Å². The molecule has 3 heteroatoms. The first kappa shape index (κ1) is 13.4. The fraction of sp³-hybridized carbons (Fsp3) is 0.625. The van der Waals surface area contributed by atoms with Crippen LogP contribution in [-0.4, -0.2) is 19.1 Å². The number of anilines is 1. The maximum absolute atomic E-state index is 5.87. The summed E-state index contributed by atoms with van der Waals surface area (Å²) in [6, 6.07) is 6.97. The van der Waals surface area contributed by atoms with Gasteiger partial charge in [-0.25, -0.2) is 0 Å². The largest absolute Gasteiger partial charge is 0.370 e. The quantitative estimate of drug-likeness (QED) is 0.921. The second-order valence-electron chi connectivity index (χ2n) is 6.32. The zero-order valence-electron chi connectivity index (χ0n) is 11.6. The summed E-state index contributed by atoms with van der Waals surface area (Å²) >= 11 is 3.74. The van der Waals surface area contributed by atoms with Crippen molar-refractivity contribution in [1.82, 2.24) is 0 Å². The Labute approximate surface area is 124 Å². The van der Waals surface area contributed by atoms with Gasteiger partial charge in [-0.3, -0.25) is 0 Å². The van der Waals surface area contributed by atoms with Gasteiger partial charge < -0.3 is 10.6 Å². The van der Waals surface area contributed by atoms with E-state index in [-0.39, 0.29) is 6.04 Å². The van der Waals surface area contributed by atoms with Gasteiger partial charge in [0.15, 0.2) is 0 Å². The molecule has 0 radical (unpaired) electrons. The van der Waals surface area contributed by atoms with Crippen LogP contribution in [0.4, 0.5) is 5.69 Å². The highest BCUT2D eigenvalue weighted by molar-refractivity contribution is 9.10. The first-order valence-corrected chi connectivity index (χ1v) is 8.21. The maximum Gasteiger partial charge on any atom is 0.0511 e. The summed E-state index contributed by atoms with van der Waals surface area (Å²) < 4.78 is 1.23. The molecule has 0 amide bonds. The van der Waals surface area contributed by atoms with Crippen LogP contribution in [0.1, 0.15) is 31.7 Å². The van der Waals surface area contributed by atoms with Gasteiger partial charge in [-0.1, -0.05) is 12.5 Å². The highest BCUT2D eigenvalue weighted by atomic mass is 79.9. The van der Waals surface area contributed by atoms with E-state index in [1.807, 2.05) is 0 Å². The van der Waals surface area contributed by atoms with Crippen LogP contribution in [0.5, 0.6) is 0 Å². The lowest BCUT2D eigenvalue weighted by molar-refractivity contribution is 0.494. The van der Waals surface area contributed by atoms with E-state index >= 15 is 0 Å². The van der Waals surface area contributed by atoms with Crippen LogP contribution in [0.15, 0.2) is 22.7 Å². The molecule has 0 bridgehead atoms. The average molecular weight is 323 g/mol. The van der Waals surface area contributed by atoms with Crippen LogP contribution in [0.2, 0.25) is 0 Å². The smallest absolute Gasteiger partial charge is 0.0511 e. The van der Waals surface area contributed by atoms with Crippen LogP contribution in [0.25, 0.3) is 0 Å². The Kier molecular flexibility index (Phi) is 3.86. The van der Waals surface area contributed by atoms with Crippen LogP contribution < -0.4 is 10.6 Å². The van der Waals surface area contributed by atoms with Crippen molar-refractivity contribution < 1.29 is 0 Å². The fourth-order valence-corrected chi connectivity index (χ4v) is 4.41. The molecule has 2 aliphatic rings. The lowest BCUT2D eigenvalue weighted by Gasteiger charge is -2.22. The molecular formula is C16H23BrN2. The Morgan fingerprint density at radius 1 is 1.32 bits per heavy atom. The average Bonchev–Trinajstić information content (AvgIpc) is 2.88. The van der Waals surface area contributed by atoms with Crippen molar-refractivity contribution in [2.24, 2.45) is 17.6 Å². The molecule has 1 aromatic carbocycles. The second kappa shape index (κ2) is 5.45. The summed E-state index contributed by atoms with van der Waals surface area (Å²) in [6.45, 7) is 4.55. The van der Waals surface area contributed by atoms with E-state index in [9.17, 15) is 0 Å². The molecule has 3 atom stereocenters. The monoisotopic (exact) mass is 322 g/mol. The van der Waals surface area contributed by atoms with Crippen molar-refractivity contribution in [3.05, 3.63) is 28.2 Å². The minimum absolute atomic E-state index is 0.226. The first-order valence-electron chi connectivity index (χ1n) is 7.42. The van der Waals surface area contributed by atoms with Gasteiger partial charge in [-0.2, -0.15) is 0 Å². The Morgan fingerprint density at radius 3 is 2.58 bits per heavy atom. The van der Waals surface area contributed by atoms with Gasteiger partial charge >= 0.3 is 0 Å². The summed E-state index contributed by atoms with van der Waals surface area (Å²) in [5.41, 5.74) is 8.56. The SMILES string of the molecule is CC(N)Cc1ccc(N2CC3CCCC3C2)c(Br)c1. The Balaban J connectivity index is 1.75. The fourth-order valence-electron chi connectivity index (χ4n) is 3.74. The zero-order chi connectivity index (χ0) is 13.4. The standard InChI is InChI=1S/C16H23BrN2/c1-11(18)7-12-5-6-16(15(17)8-12)19-9-13-3-2-4-14(13)10-19/h5-6,8,11,13-14H,2-4,7,9-10,18H2,1H3. The van der Waals surface area contributed by atoms with E-state index in [2.05, 4.69) is 46.0 Å². The third-order valence-corrected chi connectivity index (χ3v) is 5.27. The van der Waals surface area contributed by atoms with E-state index in [1.54, 1.807) is 0 Å². The second-order valence-corrected chi connectivity index (χ2v) is 7.18. The maximum atomic E-state index is 5.87. The number of hydrogen-bond acceptors (Lipinski definition) is 2. The Hall–Kier alpha value is -0.540. The van der Waals surface area contributed by atoms with Gasteiger partial charge in [-0.05, 0) is 71.6 Å². The lowest BCUT2D eigenvalue weighted by atomic mass is 10.0. The molecule has 1 heterocycles. The predicted octanol–water partition coefficient (Wildman–Crippen LogP) is 3.58. The highest BCUT2D eigenvalue weighted by Crippen LogP contribution is 2.41. The summed E-state index contributed by atoms with van der Waals surface area (Å²) in [4.78, 5) is 2.56. The van der Waals surface area contributed by atoms with Crippen LogP contribution in [0.3, 0.4) is 0 Å². The number of nitrogens with zero attached hydrogens (tertiary/aromatic N) is 1. The molecule has 3 unspecified atom stereocenters. The predicted molar refractivity (Wildman–Crippen MR) is 84.5 cm³/mol. The van der Waals surface area contributed by atoms with E-state index in [4.69, 9.17) is 5.73 Å². The number of nitrogens with two attached hydrogens (primary N) is 1. The summed E-state index contributed by atoms with van der Waals surface area (Å²) in [6.07, 6.45) is 5.25. The van der Waals surface area contributed by atoms with Crippen molar-refractivity contribution in [2.45, 2.75) is 38.6 Å². The van der Waals surface area contributed by atoms with Gasteiger partial charge in [0.2, 0.25) is 0 Å². The lowest BCUT2D eigenvalue weighted by Crippen LogP contribution is -2.21. The number of fused-ring (bicyclic) bond motifs is 1. The van der Waals surface area contributed by atoms with Crippen LogP contribution in [-0.2, 0) is 6.42 Å². The number of hydrogen-bond donors (Lipinski definition) is 1. The third-order valence-electron chi connectivity index (χ3n) is 4.64. The van der Waals surface area contributed by atoms with E-state index in [0.717, 1.165) is 18.3 Å². The molecule has 3 rings (SSSR count). The molecule has 19 heavy (non-hydrogen) atoms. The summed E-state index contributed by atoms with van der Waals surface area (Å²) in [5.74, 6) is 1.88. The molecule has 1 aliphatic carbocycles. The number of rotatable bonds is 3. The zero-order valence-corrected chi connectivity index (χ0v) is 13.2. The minimum atomic E-state index is 0.226. The van der Waals surface area contributed by atoms with Gasteiger partial charge in [0.25, 0.3) is 0 Å². The van der Waals surface area contributed by atoms with Crippen molar-refractivity contribution in [1.29, 1.82) is 0 Å². The van der Waals surface area contributed by atoms with E-state index < -0.39 is 0 Å². The Bertz CT molecular complexity index is 446. The molecule has 1 saturated heterocycles. The molecule has 0 spiro atoms. The van der Waals surface area contributed by atoms with Gasteiger partial charge in [-0.15, -0.1) is 0 Å². The van der Waals surface area contributed by atoms with Crippen molar-refractivity contribution in [3.8, 4) is 0 Å². The van der Waals surface area contributed by atoms with Gasteiger partial charge in [0, 0.05) is 23.6 Å². The minimum Gasteiger partial charge on any atom is -0.370 e. The molecule has 2 fully saturated rings. The van der Waals surface area contributed by atoms with Gasteiger partial charge in [0.1, 0.15) is 0 Å². The molecule has 104 valence electrons. The molecule has 1 aromatic rings. The summed E-state index contributed by atoms with van der Waals surface area (Å²) in [7, 11) is 0. The molecule has 2 N–H and O–H groups in total. The molecule has 1 saturated carbocycles. The Morgan fingerprint density at radius 2 is 2.00 bits per heavy atom.